The quantitative estimate of drug-likeness (QED) is 0.902. The molecule has 1 heterocycles. The maximum Gasteiger partial charge on any atom is 0.0480 e. The monoisotopic (exact) mass is 268 g/mol. The van der Waals surface area contributed by atoms with E-state index in [4.69, 9.17) is 5.73 Å². The molecule has 106 valence electrons. The zero-order valence-electron chi connectivity index (χ0n) is 12.1. The van der Waals surface area contributed by atoms with Gasteiger partial charge in [0.2, 0.25) is 0 Å². The second-order valence-electron chi connectivity index (χ2n) is 6.83. The second-order valence-corrected chi connectivity index (χ2v) is 6.83. The van der Waals surface area contributed by atoms with Crippen LogP contribution in [0.1, 0.15) is 31.2 Å². The van der Waals surface area contributed by atoms with Crippen LogP contribution in [0, 0.1) is 17.8 Å². The lowest BCUT2D eigenvalue weighted by atomic mass is 9.89. The highest BCUT2D eigenvalue weighted by Crippen LogP contribution is 2.49. The zero-order chi connectivity index (χ0) is 13.5. The Bertz CT molecular complexity index is 613. The number of hydrogen-bond donors (Lipinski definition) is 1. The molecule has 1 aromatic heterocycles. The van der Waals surface area contributed by atoms with Crippen molar-refractivity contribution in [3.63, 3.8) is 0 Å². The second kappa shape index (κ2) is 4.92. The van der Waals surface area contributed by atoms with Gasteiger partial charge in [-0.15, -0.1) is 0 Å². The van der Waals surface area contributed by atoms with Crippen LogP contribution < -0.4 is 5.73 Å². The number of fused-ring (bicyclic) bond motifs is 3. The highest BCUT2D eigenvalue weighted by atomic mass is 15.0. The molecular formula is C18H24N2. The Kier molecular flexibility index (Phi) is 3.07. The van der Waals surface area contributed by atoms with Gasteiger partial charge in [-0.2, -0.15) is 0 Å². The summed E-state index contributed by atoms with van der Waals surface area (Å²) in [5, 5.41) is 1.37. The van der Waals surface area contributed by atoms with Gasteiger partial charge in [0.05, 0.1) is 0 Å². The summed E-state index contributed by atoms with van der Waals surface area (Å²) >= 11 is 0. The molecule has 0 radical (unpaired) electrons. The summed E-state index contributed by atoms with van der Waals surface area (Å²) in [4.78, 5) is 0. The van der Waals surface area contributed by atoms with E-state index in [-0.39, 0.29) is 0 Å². The summed E-state index contributed by atoms with van der Waals surface area (Å²) in [6.07, 6.45) is 9.21. The molecule has 2 aliphatic carbocycles. The van der Waals surface area contributed by atoms with Crippen LogP contribution in [-0.4, -0.2) is 11.1 Å². The Morgan fingerprint density at radius 2 is 2.10 bits per heavy atom. The fraction of sp³-hybridized carbons (Fsp3) is 0.556. The fourth-order valence-electron chi connectivity index (χ4n) is 4.58. The summed E-state index contributed by atoms with van der Waals surface area (Å²) in [5.41, 5.74) is 8.40. The van der Waals surface area contributed by atoms with Gasteiger partial charge in [-0.25, -0.2) is 0 Å². The smallest absolute Gasteiger partial charge is 0.0480 e. The Balaban J connectivity index is 1.57. The largest absolute Gasteiger partial charge is 0.347 e. The predicted octanol–water partition coefficient (Wildman–Crippen LogP) is 3.58. The van der Waals surface area contributed by atoms with Crippen molar-refractivity contribution in [3.8, 4) is 0 Å². The van der Waals surface area contributed by atoms with Crippen LogP contribution in [-0.2, 0) is 13.0 Å². The first-order valence-electron chi connectivity index (χ1n) is 8.11. The maximum absolute atomic E-state index is 5.65. The zero-order valence-corrected chi connectivity index (χ0v) is 12.1. The lowest BCUT2D eigenvalue weighted by molar-refractivity contribution is 0.299. The normalized spacial score (nSPS) is 28.6. The third kappa shape index (κ3) is 2.07. The van der Waals surface area contributed by atoms with Crippen molar-refractivity contribution in [2.45, 2.75) is 38.6 Å². The highest BCUT2D eigenvalue weighted by Gasteiger charge is 2.39. The first-order valence-corrected chi connectivity index (χ1v) is 8.11. The van der Waals surface area contributed by atoms with Crippen LogP contribution in [0.15, 0.2) is 30.5 Å². The molecular weight excluding hydrogens is 244 g/mol. The van der Waals surface area contributed by atoms with Gasteiger partial charge in [-0.1, -0.05) is 12.5 Å². The van der Waals surface area contributed by atoms with Gasteiger partial charge < -0.3 is 10.3 Å². The van der Waals surface area contributed by atoms with Gasteiger partial charge in [0.1, 0.15) is 0 Å². The SMILES string of the molecule is NCCc1ccc2c(ccn2CC2CC3CCC2C3)c1. The molecule has 1 aromatic carbocycles. The van der Waals surface area contributed by atoms with Gasteiger partial charge in [0.25, 0.3) is 0 Å². The molecule has 2 saturated carbocycles. The van der Waals surface area contributed by atoms with E-state index in [1.807, 2.05) is 0 Å². The average Bonchev–Trinajstić information content (AvgIpc) is 3.15. The van der Waals surface area contributed by atoms with Crippen LogP contribution in [0.3, 0.4) is 0 Å². The summed E-state index contributed by atoms with van der Waals surface area (Å²) in [7, 11) is 0. The number of nitrogens with two attached hydrogens (primary N) is 1. The molecule has 2 aliphatic rings. The van der Waals surface area contributed by atoms with Crippen molar-refractivity contribution in [2.75, 3.05) is 6.54 Å². The molecule has 2 heteroatoms. The number of nitrogens with zero attached hydrogens (tertiary/aromatic N) is 1. The minimum Gasteiger partial charge on any atom is -0.347 e. The minimum absolute atomic E-state index is 0.733. The van der Waals surface area contributed by atoms with Gasteiger partial charge in [-0.3, -0.25) is 0 Å². The van der Waals surface area contributed by atoms with E-state index >= 15 is 0 Å². The van der Waals surface area contributed by atoms with Crippen molar-refractivity contribution in [1.82, 2.24) is 4.57 Å². The summed E-state index contributed by atoms with van der Waals surface area (Å²) in [6, 6.07) is 9.10. The van der Waals surface area contributed by atoms with E-state index < -0.39 is 0 Å². The summed E-state index contributed by atoms with van der Waals surface area (Å²) in [5.74, 6) is 2.98. The Morgan fingerprint density at radius 3 is 2.85 bits per heavy atom. The van der Waals surface area contributed by atoms with E-state index in [1.54, 1.807) is 0 Å². The van der Waals surface area contributed by atoms with Crippen molar-refractivity contribution < 1.29 is 0 Å². The minimum atomic E-state index is 0.733. The molecule has 0 aliphatic heterocycles. The molecule has 2 aromatic rings. The van der Waals surface area contributed by atoms with Crippen molar-refractivity contribution in [2.24, 2.45) is 23.5 Å². The number of benzene rings is 1. The number of aromatic nitrogens is 1. The molecule has 20 heavy (non-hydrogen) atoms. The van der Waals surface area contributed by atoms with Crippen LogP contribution in [0.4, 0.5) is 0 Å². The Hall–Kier alpha value is -1.28. The first kappa shape index (κ1) is 12.5. The molecule has 4 rings (SSSR count). The average molecular weight is 268 g/mol. The molecule has 3 unspecified atom stereocenters. The standard InChI is InChI=1S/C18H24N2/c19-7-5-13-2-4-18-16(9-13)6-8-20(18)12-17-11-14-1-3-15(17)10-14/h2,4,6,8-9,14-15,17H,1,3,5,7,10-12,19H2. The Morgan fingerprint density at radius 1 is 1.15 bits per heavy atom. The Labute approximate surface area is 121 Å². The molecule has 2 nitrogen and oxygen atoms in total. The third-order valence-electron chi connectivity index (χ3n) is 5.58. The van der Waals surface area contributed by atoms with Gasteiger partial charge in [0, 0.05) is 18.3 Å². The predicted molar refractivity (Wildman–Crippen MR) is 83.6 cm³/mol. The first-order chi connectivity index (χ1) is 9.83. The number of rotatable bonds is 4. The lowest BCUT2D eigenvalue weighted by Crippen LogP contribution is -2.16. The van der Waals surface area contributed by atoms with E-state index in [1.165, 1.54) is 48.7 Å². The van der Waals surface area contributed by atoms with E-state index in [2.05, 4.69) is 35.0 Å². The van der Waals surface area contributed by atoms with E-state index in [0.717, 1.165) is 30.7 Å². The van der Waals surface area contributed by atoms with E-state index in [0.29, 0.717) is 0 Å². The van der Waals surface area contributed by atoms with Gasteiger partial charge in [0.15, 0.2) is 0 Å². The maximum atomic E-state index is 5.65. The number of hydrogen-bond acceptors (Lipinski definition) is 1. The van der Waals surface area contributed by atoms with Crippen LogP contribution >= 0.6 is 0 Å². The fourth-order valence-corrected chi connectivity index (χ4v) is 4.58. The molecule has 0 saturated heterocycles. The van der Waals surface area contributed by atoms with E-state index in [9.17, 15) is 0 Å². The van der Waals surface area contributed by atoms with Crippen molar-refractivity contribution in [1.29, 1.82) is 0 Å². The van der Waals surface area contributed by atoms with Gasteiger partial charge >= 0.3 is 0 Å². The van der Waals surface area contributed by atoms with Crippen molar-refractivity contribution in [3.05, 3.63) is 36.0 Å². The van der Waals surface area contributed by atoms with Crippen LogP contribution in [0.5, 0.6) is 0 Å². The molecule has 3 atom stereocenters. The molecule has 2 bridgehead atoms. The lowest BCUT2D eigenvalue weighted by Gasteiger charge is -2.22. The summed E-state index contributed by atoms with van der Waals surface area (Å²) < 4.78 is 2.48. The molecule has 2 N–H and O–H groups in total. The van der Waals surface area contributed by atoms with Crippen molar-refractivity contribution >= 4 is 10.9 Å². The molecule has 0 amide bonds. The van der Waals surface area contributed by atoms with Gasteiger partial charge in [-0.05, 0) is 79.1 Å². The molecule has 0 spiro atoms. The topological polar surface area (TPSA) is 30.9 Å². The highest BCUT2D eigenvalue weighted by molar-refractivity contribution is 5.80. The van der Waals surface area contributed by atoms with Crippen LogP contribution in [0.2, 0.25) is 0 Å². The third-order valence-corrected chi connectivity index (χ3v) is 5.58. The molecule has 2 fully saturated rings. The summed E-state index contributed by atoms with van der Waals surface area (Å²) in [6.45, 7) is 1.96. The van der Waals surface area contributed by atoms with Crippen LogP contribution in [0.25, 0.3) is 10.9 Å².